The number of hydrogen-bond donors (Lipinski definition) is 0. The topological polar surface area (TPSA) is 46.5 Å². The van der Waals surface area contributed by atoms with Crippen LogP contribution >= 0.6 is 0 Å². The summed E-state index contributed by atoms with van der Waals surface area (Å²) in [6, 6.07) is 6.35. The summed E-state index contributed by atoms with van der Waals surface area (Å²) in [4.78, 5) is 29.3. The van der Waals surface area contributed by atoms with E-state index < -0.39 is 0 Å². The molecule has 1 aliphatic heterocycles. The van der Waals surface area contributed by atoms with Gasteiger partial charge in [0, 0.05) is 34.4 Å². The normalized spacial score (nSPS) is 17.6. The van der Waals surface area contributed by atoms with E-state index in [4.69, 9.17) is 4.99 Å². The highest BCUT2D eigenvalue weighted by molar-refractivity contribution is 6.24. The van der Waals surface area contributed by atoms with Crippen molar-refractivity contribution in [1.82, 2.24) is 0 Å². The summed E-state index contributed by atoms with van der Waals surface area (Å²) in [6.45, 7) is 7.36. The molecule has 1 heterocycles. The molecule has 124 valence electrons. The summed E-state index contributed by atoms with van der Waals surface area (Å²) in [6.07, 6.45) is 3.27. The lowest BCUT2D eigenvalue weighted by atomic mass is 9.84. The molecule has 2 aliphatic rings. The van der Waals surface area contributed by atoms with Crippen molar-refractivity contribution < 1.29 is 9.59 Å². The summed E-state index contributed by atoms with van der Waals surface area (Å²) < 4.78 is 0. The lowest BCUT2D eigenvalue weighted by Crippen LogP contribution is -2.20. The first-order chi connectivity index (χ1) is 11.4. The van der Waals surface area contributed by atoms with E-state index >= 15 is 0 Å². The molecule has 0 unspecified atom stereocenters. The molecule has 3 nitrogen and oxygen atoms in total. The predicted molar refractivity (Wildman–Crippen MR) is 96.9 cm³/mol. The second kappa shape index (κ2) is 6.31. The van der Waals surface area contributed by atoms with Crippen molar-refractivity contribution in [3.05, 3.63) is 51.6 Å². The fraction of sp³-hybridized carbons (Fsp3) is 0.381. The van der Waals surface area contributed by atoms with Crippen LogP contribution in [0.2, 0.25) is 0 Å². The van der Waals surface area contributed by atoms with Crippen LogP contribution in [0.15, 0.2) is 45.5 Å². The van der Waals surface area contributed by atoms with Crippen molar-refractivity contribution in [2.24, 2.45) is 4.99 Å². The highest BCUT2D eigenvalue weighted by atomic mass is 16.1. The van der Waals surface area contributed by atoms with Crippen LogP contribution in [0.1, 0.15) is 51.2 Å². The van der Waals surface area contributed by atoms with Crippen LogP contribution in [-0.4, -0.2) is 17.3 Å². The van der Waals surface area contributed by atoms with E-state index in [0.717, 1.165) is 24.9 Å². The minimum absolute atomic E-state index is 0.0168. The number of rotatable bonds is 4. The minimum atomic E-state index is 0.0168. The lowest BCUT2D eigenvalue weighted by Gasteiger charge is -2.18. The summed E-state index contributed by atoms with van der Waals surface area (Å²) in [7, 11) is 0. The zero-order valence-electron chi connectivity index (χ0n) is 14.8. The third kappa shape index (κ3) is 2.91. The van der Waals surface area contributed by atoms with Crippen LogP contribution in [-0.2, 0) is 16.0 Å². The average Bonchev–Trinajstić information content (AvgIpc) is 2.96. The molecule has 1 aliphatic carbocycles. The molecule has 0 N–H and O–H groups in total. The number of aliphatic imine (C=N–C) groups is 1. The molecule has 0 aromatic heterocycles. The lowest BCUT2D eigenvalue weighted by molar-refractivity contribution is -0.116. The molecule has 1 aromatic rings. The smallest absolute Gasteiger partial charge is 0.185 e. The van der Waals surface area contributed by atoms with Crippen LogP contribution in [0, 0.1) is 6.92 Å². The van der Waals surface area contributed by atoms with Gasteiger partial charge in [-0.15, -0.1) is 0 Å². The number of benzene rings is 1. The van der Waals surface area contributed by atoms with Gasteiger partial charge in [0.05, 0.1) is 5.69 Å². The molecule has 0 saturated heterocycles. The number of fused-ring (bicyclic) bond motifs is 1. The van der Waals surface area contributed by atoms with Gasteiger partial charge in [-0.05, 0) is 58.6 Å². The van der Waals surface area contributed by atoms with Gasteiger partial charge < -0.3 is 0 Å². The predicted octanol–water partition coefficient (Wildman–Crippen LogP) is 4.60. The Morgan fingerprint density at radius 2 is 1.62 bits per heavy atom. The summed E-state index contributed by atoms with van der Waals surface area (Å²) in [5.74, 6) is 0.0556. The zero-order chi connectivity index (χ0) is 17.4. The Balaban J connectivity index is 1.64. The number of carbonyl (C=O) groups excluding carboxylic acids is 2. The van der Waals surface area contributed by atoms with E-state index in [0.29, 0.717) is 28.7 Å². The van der Waals surface area contributed by atoms with Crippen LogP contribution in [0.25, 0.3) is 0 Å². The Hall–Kier alpha value is -2.29. The summed E-state index contributed by atoms with van der Waals surface area (Å²) in [5.41, 5.74) is 7.30. The molecule has 0 radical (unpaired) electrons. The Bertz CT molecular complexity index is 837. The van der Waals surface area contributed by atoms with Gasteiger partial charge in [0.1, 0.15) is 0 Å². The maximum atomic E-state index is 12.4. The van der Waals surface area contributed by atoms with Crippen molar-refractivity contribution in [2.75, 3.05) is 0 Å². The Morgan fingerprint density at radius 3 is 2.38 bits per heavy atom. The number of aryl methyl sites for hydroxylation is 1. The first-order valence-electron chi connectivity index (χ1n) is 8.51. The maximum Gasteiger partial charge on any atom is 0.185 e. The number of hydrogen-bond acceptors (Lipinski definition) is 3. The number of allylic oxidation sites excluding steroid dienone is 4. The van der Waals surface area contributed by atoms with Crippen molar-refractivity contribution in [3.63, 3.8) is 0 Å². The van der Waals surface area contributed by atoms with Crippen molar-refractivity contribution in [2.45, 2.75) is 53.4 Å². The highest BCUT2D eigenvalue weighted by Gasteiger charge is 2.27. The second-order valence-electron chi connectivity index (χ2n) is 6.85. The average molecular weight is 321 g/mol. The van der Waals surface area contributed by atoms with Gasteiger partial charge in [0.15, 0.2) is 11.6 Å². The highest BCUT2D eigenvalue weighted by Crippen LogP contribution is 2.30. The quantitative estimate of drug-likeness (QED) is 0.761. The molecule has 0 atom stereocenters. The Labute approximate surface area is 143 Å². The summed E-state index contributed by atoms with van der Waals surface area (Å²) >= 11 is 0. The number of ketones is 2. The number of Topliss-reactive ketones (excluding diaryl/α,β-unsaturated/α-hetero) is 2. The molecule has 3 heteroatoms. The van der Waals surface area contributed by atoms with Crippen LogP contribution < -0.4 is 0 Å². The van der Waals surface area contributed by atoms with Crippen molar-refractivity contribution >= 4 is 23.0 Å². The van der Waals surface area contributed by atoms with Crippen molar-refractivity contribution in [3.8, 4) is 0 Å². The van der Waals surface area contributed by atoms with E-state index in [1.807, 2.05) is 0 Å². The van der Waals surface area contributed by atoms with E-state index in [9.17, 15) is 9.59 Å². The van der Waals surface area contributed by atoms with Crippen LogP contribution in [0.5, 0.6) is 0 Å². The van der Waals surface area contributed by atoms with Gasteiger partial charge in [0.25, 0.3) is 0 Å². The Kier molecular flexibility index (Phi) is 4.35. The second-order valence-corrected chi connectivity index (χ2v) is 6.85. The van der Waals surface area contributed by atoms with E-state index in [1.165, 1.54) is 16.8 Å². The van der Waals surface area contributed by atoms with E-state index in [-0.39, 0.29) is 11.6 Å². The molecule has 0 spiro atoms. The third-order valence-corrected chi connectivity index (χ3v) is 5.11. The van der Waals surface area contributed by atoms with Crippen LogP contribution in [0.4, 0.5) is 5.69 Å². The maximum absolute atomic E-state index is 12.4. The van der Waals surface area contributed by atoms with Crippen LogP contribution in [0.3, 0.4) is 0 Å². The fourth-order valence-electron chi connectivity index (χ4n) is 3.46. The van der Waals surface area contributed by atoms with Crippen molar-refractivity contribution in [1.29, 1.82) is 0 Å². The number of carbonyl (C=O) groups is 2. The monoisotopic (exact) mass is 321 g/mol. The first-order valence-corrected chi connectivity index (χ1v) is 8.51. The molecule has 0 fully saturated rings. The van der Waals surface area contributed by atoms with Gasteiger partial charge in [-0.3, -0.25) is 14.6 Å². The Morgan fingerprint density at radius 1 is 0.917 bits per heavy atom. The van der Waals surface area contributed by atoms with E-state index in [2.05, 4.69) is 25.1 Å². The zero-order valence-corrected chi connectivity index (χ0v) is 14.8. The fourth-order valence-corrected chi connectivity index (χ4v) is 3.46. The molecule has 1 aromatic carbocycles. The molecule has 24 heavy (non-hydrogen) atoms. The first kappa shape index (κ1) is 16.6. The molecule has 0 saturated carbocycles. The van der Waals surface area contributed by atoms with Gasteiger partial charge in [-0.25, -0.2) is 0 Å². The third-order valence-electron chi connectivity index (χ3n) is 5.11. The van der Waals surface area contributed by atoms with Gasteiger partial charge in [-0.2, -0.15) is 0 Å². The molecule has 0 amide bonds. The van der Waals surface area contributed by atoms with Gasteiger partial charge in [0.2, 0.25) is 0 Å². The summed E-state index contributed by atoms with van der Waals surface area (Å²) in [5, 5.41) is 0. The molecular weight excluding hydrogens is 298 g/mol. The largest absolute Gasteiger partial charge is 0.289 e. The van der Waals surface area contributed by atoms with Gasteiger partial charge >= 0.3 is 0 Å². The molecular formula is C21H23NO2. The number of nitrogens with zero attached hydrogens (tertiary/aromatic N) is 1. The minimum Gasteiger partial charge on any atom is -0.289 e. The van der Waals surface area contributed by atoms with Gasteiger partial charge in [-0.1, -0.05) is 17.7 Å². The molecule has 3 rings (SSSR count). The molecule has 0 bridgehead atoms. The SMILES string of the molecule is CC1=C(C)C(=O)C(CCCC2=Nc3ccc(C)cc3C2)=C(C)C1=O. The van der Waals surface area contributed by atoms with E-state index in [1.54, 1.807) is 20.8 Å². The standard InChI is InChI=1S/C21H23NO2/c1-12-8-9-19-16(10-12)11-17(22-19)6-5-7-18-15(4)20(23)13(2)14(3)21(18)24/h8-10H,5-7,11H2,1-4H3.